The first-order valence-corrected chi connectivity index (χ1v) is 34.3. The largest absolute Gasteiger partial charge is 0.461 e. The molecule has 5 aliphatic heterocycles. The predicted molar refractivity (Wildman–Crippen MR) is 376 cm³/mol. The van der Waals surface area contributed by atoms with Gasteiger partial charge in [-0.3, -0.25) is 29.3 Å². The van der Waals surface area contributed by atoms with Gasteiger partial charge in [-0.15, -0.1) is 0 Å². The number of Topliss-reactive ketones (excluding diaryl/α,β-unsaturated/α-hetero) is 2. The minimum absolute atomic E-state index is 0.0541. The van der Waals surface area contributed by atoms with E-state index in [0.29, 0.717) is 37.7 Å². The fourth-order valence-corrected chi connectivity index (χ4v) is 11.4. The molecule has 99 heavy (non-hydrogen) atoms. The number of alkyl halides is 1. The van der Waals surface area contributed by atoms with Crippen LogP contribution in [0.2, 0.25) is 0 Å². The van der Waals surface area contributed by atoms with Gasteiger partial charge in [-0.1, -0.05) is 133 Å². The molecule has 0 saturated carbocycles. The highest BCUT2D eigenvalue weighted by Crippen LogP contribution is 2.29. The maximum Gasteiger partial charge on any atom is 0.331 e. The van der Waals surface area contributed by atoms with Crippen LogP contribution in [0.5, 0.6) is 0 Å². The number of imide groups is 1. The topological polar surface area (TPSA) is 303 Å². The number of aliphatic hydroxyl groups is 4. The molecule has 5 heterocycles. The number of amides is 2. The van der Waals surface area contributed by atoms with Crippen molar-refractivity contribution in [3.8, 4) is 0 Å². The SMILES string of the molecule is CO[C@H]1/C=C/CC/C=C/C(=O)OC/C(C)=C\[C@@H](C)[C@@H]1O.CO[C@H]1/C=C/CC/C=C/C(=O)O[C@H]([C@H](C)C(=O)C[C@H](O)CC2CC(=O)NC(=O)C2)/C(C)=C\[C@@H](C)[C@H]1F.CO[C@H]1/C=C/CC/C=C/C(=O)O[C@H]([C@H](C)C(C)=O)/C(C)=C\[C@@H](C)[C@@H]1O.CO[C@H]1/C=C/CCC(=O)OC/C(C)=C\[C@@H](C)[C@@H]1O. The molecule has 22 heteroatoms. The Bertz CT molecular complexity index is 2900. The second-order valence-corrected chi connectivity index (χ2v) is 26.2. The molecule has 1 fully saturated rings. The number of carbonyl (C=O) groups is 8. The molecule has 0 unspecified atom stereocenters. The van der Waals surface area contributed by atoms with Crippen LogP contribution in [0.25, 0.3) is 0 Å². The summed E-state index contributed by atoms with van der Waals surface area (Å²) in [6, 6.07) is 0. The number of aliphatic hydroxyl groups excluding tert-OH is 4. The number of esters is 4. The van der Waals surface area contributed by atoms with E-state index in [1.54, 1.807) is 85.5 Å². The third kappa shape index (κ3) is 34.4. The zero-order valence-electron chi connectivity index (χ0n) is 60.9. The summed E-state index contributed by atoms with van der Waals surface area (Å²) in [6.45, 7) is 20.0. The van der Waals surface area contributed by atoms with E-state index >= 15 is 4.39 Å². The molecular weight excluding hydrogens is 1280 g/mol. The summed E-state index contributed by atoms with van der Waals surface area (Å²) in [6.07, 6.45) is 28.8. The summed E-state index contributed by atoms with van der Waals surface area (Å²) in [5, 5.41) is 43.7. The van der Waals surface area contributed by atoms with Crippen LogP contribution in [0.15, 0.2) is 132 Å². The number of methoxy groups -OCH3 is 4. The lowest BCUT2D eigenvalue weighted by Gasteiger charge is -2.27. The standard InChI is InChI=1S/C27H38FNO7.C20H30O5.C16H24O4.C14H22O4/c1-16-11-17(2)27(36-25(34)10-8-6-5-7-9-22(35-4)26(16)28)18(3)21(31)15-20(30)12-19-13-23(32)29-24(33)14-19;1-13-12-14(2)20(15(3)16(4)21)25-18(22)11-9-7-6-8-10-17(24-5)19(13)23;1-12-10-13(2)16(18)14(19-3)8-6-4-5-7-9-15(17)20-11-12;1-10-8-11(2)14(16)12(17-3)6-4-5-7-13(15)18-9-10/h7-11,16,18-20,22,26-27,30H,5-6,12-15H2,1-4H3,(H,29,32,33);8-13,15,17,19-20,23H,6-7H2,1-5H3;6-10,13-14,16,18H,4-5,11H2,1-3H3;4,6,8,11-12,14,16H,5,7,9H2,1-3H3/b9-7+,10-8+,17-11-;10-8+,11-9+,14-12-;8-6+,9-7+,12-10-;6-4+,10-8-/t16-,18-,20-,22+,26-,27+;13-,15-,17+,19+,20+;13-,14+,16+;11-,12+,14+/m1111/s1. The molecule has 2 amide bonds. The number of piperidine rings is 1. The monoisotopic (exact) mass is 1390 g/mol. The van der Waals surface area contributed by atoms with Crippen LogP contribution >= 0.6 is 0 Å². The quantitative estimate of drug-likeness (QED) is 0.0525. The van der Waals surface area contributed by atoms with Crippen molar-refractivity contribution in [3.05, 3.63) is 132 Å². The fraction of sp³-hybridized carbons (Fsp3) is 0.610. The van der Waals surface area contributed by atoms with E-state index < -0.39 is 96.5 Å². The molecule has 0 aromatic carbocycles. The Kier molecular flexibility index (Phi) is 42.8. The first kappa shape index (κ1) is 88.2. The Balaban J connectivity index is 0.000000467. The van der Waals surface area contributed by atoms with Crippen LogP contribution in [0.1, 0.15) is 153 Å². The molecule has 554 valence electrons. The van der Waals surface area contributed by atoms with Crippen LogP contribution in [0.3, 0.4) is 0 Å². The third-order valence-corrected chi connectivity index (χ3v) is 17.4. The summed E-state index contributed by atoms with van der Waals surface area (Å²) in [4.78, 5) is 95.3. The highest BCUT2D eigenvalue weighted by atomic mass is 19.1. The van der Waals surface area contributed by atoms with Crippen LogP contribution < -0.4 is 5.32 Å². The number of rotatable bonds is 12. The van der Waals surface area contributed by atoms with E-state index in [1.807, 2.05) is 96.2 Å². The van der Waals surface area contributed by atoms with Gasteiger partial charge < -0.3 is 58.3 Å². The number of nitrogens with one attached hydrogen (secondary N) is 1. The minimum Gasteiger partial charge on any atom is -0.461 e. The van der Waals surface area contributed by atoms with E-state index in [2.05, 4.69) is 5.32 Å². The predicted octanol–water partition coefficient (Wildman–Crippen LogP) is 10.4. The van der Waals surface area contributed by atoms with Crippen LogP contribution in [-0.4, -0.2) is 177 Å². The number of halogens is 1. The fourth-order valence-electron chi connectivity index (χ4n) is 11.4. The van der Waals surface area contributed by atoms with Gasteiger partial charge in [0.15, 0.2) is 0 Å². The van der Waals surface area contributed by atoms with Crippen molar-refractivity contribution in [2.75, 3.05) is 41.7 Å². The van der Waals surface area contributed by atoms with E-state index in [4.69, 9.17) is 37.9 Å². The summed E-state index contributed by atoms with van der Waals surface area (Å²) >= 11 is 0. The van der Waals surface area contributed by atoms with Crippen molar-refractivity contribution in [3.63, 3.8) is 0 Å². The molecule has 21 nitrogen and oxygen atoms in total. The Hall–Kier alpha value is -6.89. The summed E-state index contributed by atoms with van der Waals surface area (Å²) in [5.74, 6) is -5.33. The lowest BCUT2D eigenvalue weighted by Crippen LogP contribution is -2.40. The van der Waals surface area contributed by atoms with Crippen molar-refractivity contribution in [1.29, 1.82) is 0 Å². The molecular formula is C77H114FNO20. The van der Waals surface area contributed by atoms with Gasteiger partial charge >= 0.3 is 23.9 Å². The number of allylic oxidation sites excluding steroid dienone is 8. The maximum absolute atomic E-state index is 15.1. The first-order chi connectivity index (χ1) is 46.9. The Morgan fingerprint density at radius 3 is 1.34 bits per heavy atom. The second-order valence-electron chi connectivity index (χ2n) is 26.2. The molecule has 0 bridgehead atoms. The molecule has 0 spiro atoms. The van der Waals surface area contributed by atoms with Gasteiger partial charge in [-0.05, 0) is 114 Å². The average molecular weight is 1390 g/mol. The average Bonchev–Trinajstić information content (AvgIpc) is 0.871. The van der Waals surface area contributed by atoms with Crippen LogP contribution in [0, 0.1) is 41.4 Å². The van der Waals surface area contributed by atoms with E-state index in [-0.39, 0.29) is 98.3 Å². The van der Waals surface area contributed by atoms with E-state index in [1.165, 1.54) is 32.3 Å². The number of cyclic esters (lactones) is 4. The van der Waals surface area contributed by atoms with Crippen LogP contribution in [0.4, 0.5) is 4.39 Å². The summed E-state index contributed by atoms with van der Waals surface area (Å²) in [7, 11) is 6.17. The van der Waals surface area contributed by atoms with Gasteiger partial charge in [0.25, 0.3) is 0 Å². The van der Waals surface area contributed by atoms with E-state index in [0.717, 1.165) is 36.0 Å². The molecule has 0 aromatic rings. The minimum atomic E-state index is -1.35. The Morgan fingerprint density at radius 2 is 0.909 bits per heavy atom. The van der Waals surface area contributed by atoms with Crippen molar-refractivity contribution in [2.24, 2.45) is 41.4 Å². The maximum atomic E-state index is 15.1. The molecule has 0 aromatic heterocycles. The lowest BCUT2D eigenvalue weighted by molar-refractivity contribution is -0.147. The van der Waals surface area contributed by atoms with Gasteiger partial charge in [0.1, 0.15) is 67.6 Å². The Labute approximate surface area is 586 Å². The van der Waals surface area contributed by atoms with Gasteiger partial charge in [0.2, 0.25) is 11.8 Å². The highest BCUT2D eigenvalue weighted by molar-refractivity contribution is 5.97. The third-order valence-electron chi connectivity index (χ3n) is 17.4. The number of hydrogen-bond acceptors (Lipinski definition) is 20. The summed E-state index contributed by atoms with van der Waals surface area (Å²) in [5.41, 5.74) is 3.11. The normalized spacial score (nSPS) is 33.9. The first-order valence-electron chi connectivity index (χ1n) is 34.3. The van der Waals surface area contributed by atoms with Gasteiger partial charge in [0, 0.05) is 96.0 Å². The van der Waals surface area contributed by atoms with Gasteiger partial charge in [0.05, 0.1) is 36.3 Å². The lowest BCUT2D eigenvalue weighted by atomic mass is 9.85. The van der Waals surface area contributed by atoms with Gasteiger partial charge in [-0.25, -0.2) is 18.8 Å². The molecule has 0 radical (unpaired) electrons. The molecule has 5 aliphatic rings. The smallest absolute Gasteiger partial charge is 0.331 e. The van der Waals surface area contributed by atoms with Gasteiger partial charge in [-0.2, -0.15) is 0 Å². The molecule has 5 rings (SSSR count). The van der Waals surface area contributed by atoms with Crippen molar-refractivity contribution in [2.45, 2.75) is 220 Å². The molecule has 17 atom stereocenters. The van der Waals surface area contributed by atoms with Crippen molar-refractivity contribution < 1.29 is 101 Å². The zero-order valence-corrected chi connectivity index (χ0v) is 60.9. The van der Waals surface area contributed by atoms with Crippen LogP contribution in [-0.2, 0) is 76.3 Å². The van der Waals surface area contributed by atoms with Crippen molar-refractivity contribution >= 4 is 47.3 Å². The number of ether oxygens (including phenoxy) is 8. The zero-order chi connectivity index (χ0) is 74.3. The molecule has 1 saturated heterocycles. The van der Waals surface area contributed by atoms with E-state index in [9.17, 15) is 58.8 Å². The molecule has 5 N–H and O–H groups in total. The Morgan fingerprint density at radius 1 is 0.535 bits per heavy atom. The number of hydrogen-bond donors (Lipinski definition) is 5. The second kappa shape index (κ2) is 48.0. The highest BCUT2D eigenvalue weighted by Gasteiger charge is 2.35. The summed E-state index contributed by atoms with van der Waals surface area (Å²) < 4.78 is 57.7. The van der Waals surface area contributed by atoms with Crippen molar-refractivity contribution in [1.82, 2.24) is 5.32 Å². The number of ketones is 2. The number of carbonyl (C=O) groups excluding carboxylic acids is 8. The molecule has 0 aliphatic carbocycles.